The Kier molecular flexibility index (Phi) is 3.77. The third-order valence-corrected chi connectivity index (χ3v) is 7.22. The van der Waals surface area contributed by atoms with Gasteiger partial charge in [-0.2, -0.15) is 0 Å². The summed E-state index contributed by atoms with van der Waals surface area (Å²) in [6, 6.07) is 1.98. The Hall–Kier alpha value is -2.45. The van der Waals surface area contributed by atoms with Gasteiger partial charge in [0.1, 0.15) is 11.6 Å². The normalized spacial score (nSPS) is 28.4. The largest absolute Gasteiger partial charge is 0.394 e. The van der Waals surface area contributed by atoms with Crippen LogP contribution in [0.1, 0.15) is 53.3 Å². The predicted molar refractivity (Wildman–Crippen MR) is 106 cm³/mol. The van der Waals surface area contributed by atoms with Gasteiger partial charge >= 0.3 is 0 Å². The summed E-state index contributed by atoms with van der Waals surface area (Å²) >= 11 is 0. The number of H-pyrrole nitrogens is 1. The summed E-state index contributed by atoms with van der Waals surface area (Å²) in [5.74, 6) is 2.42. The van der Waals surface area contributed by atoms with Crippen molar-refractivity contribution in [2.24, 2.45) is 5.92 Å². The monoisotopic (exact) mass is 395 g/mol. The maximum absolute atomic E-state index is 12.5. The van der Waals surface area contributed by atoms with E-state index in [1.54, 1.807) is 0 Å². The molecule has 3 fully saturated rings. The highest BCUT2D eigenvalue weighted by Gasteiger charge is 2.62. The highest BCUT2D eigenvalue weighted by Crippen LogP contribution is 2.56. The Morgan fingerprint density at radius 3 is 2.97 bits per heavy atom. The smallest absolute Gasteiger partial charge is 0.254 e. The molecule has 6 rings (SSSR count). The van der Waals surface area contributed by atoms with Crippen LogP contribution >= 0.6 is 0 Å². The number of carbonyl (C=O) groups is 1. The number of imidazole rings is 1. The van der Waals surface area contributed by atoms with Crippen molar-refractivity contribution in [1.82, 2.24) is 20.3 Å². The van der Waals surface area contributed by atoms with Gasteiger partial charge in [-0.25, -0.2) is 9.97 Å². The summed E-state index contributed by atoms with van der Waals surface area (Å²) in [6.07, 6.45) is 5.96. The van der Waals surface area contributed by atoms with Gasteiger partial charge in [0.2, 0.25) is 0 Å². The first-order chi connectivity index (χ1) is 14.2. The van der Waals surface area contributed by atoms with Crippen molar-refractivity contribution in [3.05, 3.63) is 29.2 Å². The molecule has 2 aromatic rings. The van der Waals surface area contributed by atoms with E-state index >= 15 is 0 Å². The van der Waals surface area contributed by atoms with Crippen molar-refractivity contribution < 1.29 is 14.6 Å². The molecule has 4 aliphatic rings. The van der Waals surface area contributed by atoms with Gasteiger partial charge in [-0.3, -0.25) is 4.79 Å². The van der Waals surface area contributed by atoms with Crippen LogP contribution in [0.25, 0.3) is 11.4 Å². The molecule has 0 radical (unpaired) electrons. The van der Waals surface area contributed by atoms with Crippen LogP contribution in [0.5, 0.6) is 0 Å². The van der Waals surface area contributed by atoms with Gasteiger partial charge in [-0.1, -0.05) is 0 Å². The molecular weight excluding hydrogens is 370 g/mol. The van der Waals surface area contributed by atoms with Crippen molar-refractivity contribution >= 4 is 11.7 Å². The fourth-order valence-corrected chi connectivity index (χ4v) is 5.43. The molecule has 2 atom stereocenters. The fourth-order valence-electron chi connectivity index (χ4n) is 5.43. The fraction of sp³-hybridized carbons (Fsp3) is 0.571. The predicted octanol–water partition coefficient (Wildman–Crippen LogP) is 1.57. The number of aliphatic hydroxyl groups is 1. The molecule has 2 aromatic heterocycles. The van der Waals surface area contributed by atoms with Crippen LogP contribution in [-0.4, -0.2) is 57.9 Å². The van der Waals surface area contributed by atoms with Crippen molar-refractivity contribution in [2.75, 3.05) is 31.3 Å². The third kappa shape index (κ3) is 2.55. The summed E-state index contributed by atoms with van der Waals surface area (Å²) < 4.78 is 5.47. The highest BCUT2D eigenvalue weighted by molar-refractivity contribution is 6.03. The summed E-state index contributed by atoms with van der Waals surface area (Å²) in [7, 11) is 0. The average molecular weight is 395 g/mol. The molecule has 2 saturated heterocycles. The standard InChI is InChI=1S/C21H25N5O3/c27-11-21-8-13(21)1-4-26(21)17-7-14(18-16(24-17)10-23-20(18)28)19-22-9-15(25-19)12-2-5-29-6-3-12/h7,9,12-13,27H,1-6,8,10-11H2,(H,22,25)(H,23,28)/t13?,21-/m0/s1. The number of aromatic nitrogens is 3. The van der Waals surface area contributed by atoms with Crippen LogP contribution in [0.3, 0.4) is 0 Å². The van der Waals surface area contributed by atoms with Crippen LogP contribution < -0.4 is 10.2 Å². The molecule has 3 aliphatic heterocycles. The molecule has 5 heterocycles. The quantitative estimate of drug-likeness (QED) is 0.726. The lowest BCUT2D eigenvalue weighted by molar-refractivity contribution is 0.0846. The number of carbonyl (C=O) groups excluding carboxylic acids is 1. The molecule has 1 saturated carbocycles. The molecule has 8 heteroatoms. The van der Waals surface area contributed by atoms with E-state index < -0.39 is 0 Å². The van der Waals surface area contributed by atoms with Crippen molar-refractivity contribution in [2.45, 2.75) is 43.7 Å². The third-order valence-electron chi connectivity index (χ3n) is 7.22. The van der Waals surface area contributed by atoms with E-state index in [1.807, 2.05) is 12.3 Å². The molecule has 1 amide bonds. The molecule has 0 bridgehead atoms. The number of pyridine rings is 1. The number of aliphatic hydroxyl groups excluding tert-OH is 1. The second kappa shape index (κ2) is 6.27. The van der Waals surface area contributed by atoms with E-state index in [4.69, 9.17) is 9.72 Å². The number of fused-ring (bicyclic) bond motifs is 2. The Balaban J connectivity index is 1.42. The Morgan fingerprint density at radius 1 is 1.31 bits per heavy atom. The van der Waals surface area contributed by atoms with Crippen LogP contribution in [0.4, 0.5) is 5.82 Å². The topological polar surface area (TPSA) is 103 Å². The second-order valence-corrected chi connectivity index (χ2v) is 8.71. The number of ether oxygens (including phenoxy) is 1. The minimum Gasteiger partial charge on any atom is -0.394 e. The first kappa shape index (κ1) is 17.4. The number of piperidine rings is 1. The number of nitrogens with zero attached hydrogens (tertiary/aromatic N) is 3. The van der Waals surface area contributed by atoms with Crippen LogP contribution in [0.2, 0.25) is 0 Å². The van der Waals surface area contributed by atoms with E-state index in [2.05, 4.69) is 20.2 Å². The zero-order chi connectivity index (χ0) is 19.6. The molecule has 8 nitrogen and oxygen atoms in total. The summed E-state index contributed by atoms with van der Waals surface area (Å²) in [6.45, 7) is 3.03. The molecule has 1 unspecified atom stereocenters. The minimum absolute atomic E-state index is 0.0966. The van der Waals surface area contributed by atoms with E-state index in [0.29, 0.717) is 29.8 Å². The SMILES string of the molecule is O=C1NCc2nc(N3CCC4C[C@]43CO)cc(-c3ncc(C4CCOCC4)[nH]3)c21. The number of amides is 1. The number of anilines is 1. The van der Waals surface area contributed by atoms with Crippen LogP contribution in [0, 0.1) is 5.92 Å². The Bertz CT molecular complexity index is 979. The van der Waals surface area contributed by atoms with Gasteiger partial charge in [0.05, 0.1) is 29.9 Å². The van der Waals surface area contributed by atoms with E-state index in [-0.39, 0.29) is 18.1 Å². The van der Waals surface area contributed by atoms with Crippen molar-refractivity contribution in [3.8, 4) is 11.4 Å². The van der Waals surface area contributed by atoms with Gasteiger partial charge in [-0.15, -0.1) is 0 Å². The average Bonchev–Trinajstić information content (AvgIpc) is 3.12. The summed E-state index contributed by atoms with van der Waals surface area (Å²) in [4.78, 5) is 27.7. The number of rotatable bonds is 4. The van der Waals surface area contributed by atoms with Gasteiger partial charge in [0.25, 0.3) is 5.91 Å². The van der Waals surface area contributed by atoms with Gasteiger partial charge in [0.15, 0.2) is 0 Å². The summed E-state index contributed by atoms with van der Waals surface area (Å²) in [5.41, 5.74) is 3.12. The highest BCUT2D eigenvalue weighted by atomic mass is 16.5. The molecule has 152 valence electrons. The number of hydrogen-bond acceptors (Lipinski definition) is 6. The molecule has 0 aromatic carbocycles. The second-order valence-electron chi connectivity index (χ2n) is 8.71. The lowest BCUT2D eigenvalue weighted by Gasteiger charge is -2.28. The van der Waals surface area contributed by atoms with Crippen molar-refractivity contribution in [1.29, 1.82) is 0 Å². The number of nitrogens with one attached hydrogen (secondary N) is 2. The van der Waals surface area contributed by atoms with Crippen LogP contribution in [-0.2, 0) is 11.3 Å². The first-order valence-corrected chi connectivity index (χ1v) is 10.5. The molecule has 3 N–H and O–H groups in total. The first-order valence-electron chi connectivity index (χ1n) is 10.5. The Morgan fingerprint density at radius 2 is 2.17 bits per heavy atom. The molecule has 0 spiro atoms. The maximum Gasteiger partial charge on any atom is 0.254 e. The molecule has 29 heavy (non-hydrogen) atoms. The zero-order valence-corrected chi connectivity index (χ0v) is 16.3. The van der Waals surface area contributed by atoms with Gasteiger partial charge in [0, 0.05) is 43.1 Å². The van der Waals surface area contributed by atoms with E-state index in [9.17, 15) is 9.90 Å². The molecule has 1 aliphatic carbocycles. The van der Waals surface area contributed by atoms with Crippen LogP contribution in [0.15, 0.2) is 12.3 Å². The minimum atomic E-state index is -0.162. The number of aromatic amines is 1. The van der Waals surface area contributed by atoms with Gasteiger partial charge in [-0.05, 0) is 37.7 Å². The zero-order valence-electron chi connectivity index (χ0n) is 16.3. The van der Waals surface area contributed by atoms with E-state index in [1.165, 1.54) is 0 Å². The van der Waals surface area contributed by atoms with Crippen molar-refractivity contribution in [3.63, 3.8) is 0 Å². The molecular formula is C21H25N5O3. The summed E-state index contributed by atoms with van der Waals surface area (Å²) in [5, 5.41) is 12.9. The Labute approximate surface area is 168 Å². The van der Waals surface area contributed by atoms with E-state index in [0.717, 1.165) is 68.2 Å². The lowest BCUT2D eigenvalue weighted by Crippen LogP contribution is -2.38. The maximum atomic E-state index is 12.5. The number of hydrogen-bond donors (Lipinski definition) is 3. The lowest BCUT2D eigenvalue weighted by atomic mass is 9.97. The van der Waals surface area contributed by atoms with Gasteiger partial charge < -0.3 is 25.0 Å².